The van der Waals surface area contributed by atoms with Gasteiger partial charge in [0.15, 0.2) is 23.8 Å². The van der Waals surface area contributed by atoms with Gasteiger partial charge < -0.3 is 19.3 Å². The number of carbonyl (C=O) groups is 2. The minimum absolute atomic E-state index is 0.158. The van der Waals surface area contributed by atoms with Gasteiger partial charge in [0.25, 0.3) is 0 Å². The maximum atomic E-state index is 12.0. The minimum atomic E-state index is -1.09. The molecule has 0 fully saturated rings. The van der Waals surface area contributed by atoms with Gasteiger partial charge in [0.1, 0.15) is 0 Å². The normalized spacial score (nSPS) is 14.7. The average molecular weight is 353 g/mol. The Labute approximate surface area is 149 Å². The summed E-state index contributed by atoms with van der Waals surface area (Å²) < 4.78 is 15.5. The number of nitrogens with zero attached hydrogens (tertiary/aromatic N) is 1. The number of hydrogen-bond acceptors (Lipinski definition) is 6. The monoisotopic (exact) mass is 353 g/mol. The summed E-state index contributed by atoms with van der Waals surface area (Å²) in [7, 11) is 1.44. The fourth-order valence-electron chi connectivity index (χ4n) is 2.30. The maximum Gasteiger partial charge on any atom is 0.363 e. The van der Waals surface area contributed by atoms with E-state index in [0.29, 0.717) is 22.6 Å². The number of aliphatic carboxylic acids is 1. The predicted molar refractivity (Wildman–Crippen MR) is 93.2 cm³/mol. The Morgan fingerprint density at radius 3 is 2.65 bits per heavy atom. The summed E-state index contributed by atoms with van der Waals surface area (Å²) in [5, 5.41) is 8.69. The lowest BCUT2D eigenvalue weighted by Crippen LogP contribution is -2.10. The first-order valence-corrected chi connectivity index (χ1v) is 7.67. The van der Waals surface area contributed by atoms with E-state index >= 15 is 0 Å². The minimum Gasteiger partial charge on any atom is -0.493 e. The zero-order valence-electron chi connectivity index (χ0n) is 13.8. The first kappa shape index (κ1) is 17.2. The summed E-state index contributed by atoms with van der Waals surface area (Å²) >= 11 is 0. The van der Waals surface area contributed by atoms with Crippen molar-refractivity contribution in [2.75, 3.05) is 13.7 Å². The molecule has 1 aliphatic rings. The molecular weight excluding hydrogens is 338 g/mol. The highest BCUT2D eigenvalue weighted by molar-refractivity contribution is 6.12. The fourth-order valence-corrected chi connectivity index (χ4v) is 2.30. The second-order valence-electron chi connectivity index (χ2n) is 5.29. The fraction of sp³-hybridized carbons (Fsp3) is 0.105. The second-order valence-corrected chi connectivity index (χ2v) is 5.29. The largest absolute Gasteiger partial charge is 0.493 e. The van der Waals surface area contributed by atoms with E-state index in [9.17, 15) is 9.59 Å². The van der Waals surface area contributed by atoms with Crippen LogP contribution in [0, 0.1) is 0 Å². The molecule has 0 bridgehead atoms. The van der Waals surface area contributed by atoms with Crippen molar-refractivity contribution < 1.29 is 28.9 Å². The number of esters is 1. The number of carboxylic acids is 1. The summed E-state index contributed by atoms with van der Waals surface area (Å²) in [4.78, 5) is 26.9. The molecule has 0 atom stereocenters. The van der Waals surface area contributed by atoms with E-state index in [4.69, 9.17) is 19.3 Å². The van der Waals surface area contributed by atoms with Crippen molar-refractivity contribution in [3.8, 4) is 11.5 Å². The third-order valence-corrected chi connectivity index (χ3v) is 3.48. The number of rotatable bonds is 6. The molecule has 0 radical (unpaired) electrons. The third-order valence-electron chi connectivity index (χ3n) is 3.48. The average Bonchev–Trinajstić information content (AvgIpc) is 3.01. The zero-order chi connectivity index (χ0) is 18.5. The van der Waals surface area contributed by atoms with Crippen molar-refractivity contribution in [3.05, 3.63) is 65.4 Å². The van der Waals surface area contributed by atoms with Crippen LogP contribution in [0.5, 0.6) is 11.5 Å². The van der Waals surface area contributed by atoms with Crippen LogP contribution in [-0.4, -0.2) is 36.7 Å². The smallest absolute Gasteiger partial charge is 0.363 e. The number of carbonyl (C=O) groups excluding carboxylic acids is 1. The molecule has 1 aliphatic heterocycles. The molecule has 132 valence electrons. The third kappa shape index (κ3) is 3.89. The molecule has 0 amide bonds. The highest BCUT2D eigenvalue weighted by Crippen LogP contribution is 2.29. The molecule has 0 saturated carbocycles. The summed E-state index contributed by atoms with van der Waals surface area (Å²) in [6, 6.07) is 14.0. The Hall–Kier alpha value is -3.61. The van der Waals surface area contributed by atoms with Crippen LogP contribution in [0.4, 0.5) is 0 Å². The molecule has 7 nitrogen and oxygen atoms in total. The molecule has 3 rings (SSSR count). The number of benzene rings is 2. The molecule has 26 heavy (non-hydrogen) atoms. The highest BCUT2D eigenvalue weighted by atomic mass is 16.6. The number of carboxylic acid groups (broad SMARTS) is 1. The van der Waals surface area contributed by atoms with Gasteiger partial charge in [0.2, 0.25) is 5.90 Å². The van der Waals surface area contributed by atoms with Crippen LogP contribution in [0.25, 0.3) is 6.08 Å². The predicted octanol–water partition coefficient (Wildman–Crippen LogP) is 2.50. The van der Waals surface area contributed by atoms with Crippen molar-refractivity contribution >= 4 is 23.9 Å². The molecule has 0 aliphatic carbocycles. The van der Waals surface area contributed by atoms with Gasteiger partial charge in [-0.15, -0.1) is 0 Å². The lowest BCUT2D eigenvalue weighted by atomic mass is 10.1. The summed E-state index contributed by atoms with van der Waals surface area (Å²) in [6.07, 6.45) is 1.56. The Kier molecular flexibility index (Phi) is 4.98. The van der Waals surface area contributed by atoms with Gasteiger partial charge in [-0.2, -0.15) is 0 Å². The lowest BCUT2D eigenvalue weighted by Gasteiger charge is -2.09. The van der Waals surface area contributed by atoms with Crippen LogP contribution >= 0.6 is 0 Å². The van der Waals surface area contributed by atoms with Gasteiger partial charge >= 0.3 is 11.9 Å². The number of hydrogen-bond donors (Lipinski definition) is 1. The second kappa shape index (κ2) is 7.52. The quantitative estimate of drug-likeness (QED) is 0.633. The number of aliphatic imine (C=N–C) groups is 1. The molecule has 0 aromatic heterocycles. The summed E-state index contributed by atoms with van der Waals surface area (Å²) in [5.41, 5.74) is 1.50. The van der Waals surface area contributed by atoms with E-state index in [1.54, 1.807) is 36.4 Å². The molecule has 2 aromatic rings. The van der Waals surface area contributed by atoms with Crippen molar-refractivity contribution in [3.63, 3.8) is 0 Å². The van der Waals surface area contributed by atoms with E-state index in [2.05, 4.69) is 4.99 Å². The van der Waals surface area contributed by atoms with E-state index in [1.807, 2.05) is 18.2 Å². The molecule has 2 aromatic carbocycles. The van der Waals surface area contributed by atoms with Crippen molar-refractivity contribution in [1.82, 2.24) is 0 Å². The van der Waals surface area contributed by atoms with Crippen molar-refractivity contribution in [1.29, 1.82) is 0 Å². The first-order chi connectivity index (χ1) is 12.6. The van der Waals surface area contributed by atoms with Gasteiger partial charge in [0, 0.05) is 5.56 Å². The molecule has 0 unspecified atom stereocenters. The van der Waals surface area contributed by atoms with Crippen LogP contribution < -0.4 is 9.47 Å². The zero-order valence-corrected chi connectivity index (χ0v) is 13.8. The lowest BCUT2D eigenvalue weighted by molar-refractivity contribution is -0.139. The Bertz CT molecular complexity index is 902. The Morgan fingerprint density at radius 1 is 1.19 bits per heavy atom. The molecule has 1 heterocycles. The van der Waals surface area contributed by atoms with Crippen LogP contribution in [0.15, 0.2) is 59.2 Å². The van der Waals surface area contributed by atoms with Crippen LogP contribution in [0.2, 0.25) is 0 Å². The molecule has 1 N–H and O–H groups in total. The summed E-state index contributed by atoms with van der Waals surface area (Å²) in [6.45, 7) is -0.478. The summed E-state index contributed by atoms with van der Waals surface area (Å²) in [5.74, 6) is -0.752. The molecular formula is C19H15NO6. The van der Waals surface area contributed by atoms with E-state index in [0.717, 1.165) is 0 Å². The number of methoxy groups -OCH3 is 1. The number of cyclic esters (lactones) is 1. The molecule has 0 saturated heterocycles. The van der Waals surface area contributed by atoms with E-state index < -0.39 is 18.5 Å². The van der Waals surface area contributed by atoms with Gasteiger partial charge in [0.05, 0.1) is 7.11 Å². The SMILES string of the molecule is COc1cc(C=C2N=C(c3ccccc3)OC2=O)ccc1OCC(=O)O. The first-order valence-electron chi connectivity index (χ1n) is 7.67. The molecule has 0 spiro atoms. The molecule has 7 heteroatoms. The van der Waals surface area contributed by atoms with Crippen molar-refractivity contribution in [2.24, 2.45) is 4.99 Å². The van der Waals surface area contributed by atoms with Crippen LogP contribution in [-0.2, 0) is 14.3 Å². The number of ether oxygens (including phenoxy) is 3. The van der Waals surface area contributed by atoms with Gasteiger partial charge in [-0.25, -0.2) is 14.6 Å². The highest BCUT2D eigenvalue weighted by Gasteiger charge is 2.24. The van der Waals surface area contributed by atoms with Gasteiger partial charge in [-0.3, -0.25) is 0 Å². The van der Waals surface area contributed by atoms with Crippen LogP contribution in [0.1, 0.15) is 11.1 Å². The van der Waals surface area contributed by atoms with E-state index in [-0.39, 0.29) is 11.6 Å². The topological polar surface area (TPSA) is 94.4 Å². The Balaban J connectivity index is 1.86. The van der Waals surface area contributed by atoms with Crippen LogP contribution in [0.3, 0.4) is 0 Å². The maximum absolute atomic E-state index is 12.0. The Morgan fingerprint density at radius 2 is 1.96 bits per heavy atom. The van der Waals surface area contributed by atoms with Gasteiger partial charge in [-0.1, -0.05) is 24.3 Å². The van der Waals surface area contributed by atoms with Crippen molar-refractivity contribution in [2.45, 2.75) is 0 Å². The van der Waals surface area contributed by atoms with E-state index in [1.165, 1.54) is 7.11 Å². The van der Waals surface area contributed by atoms with Gasteiger partial charge in [-0.05, 0) is 35.9 Å². The standard InChI is InChI=1S/C19H15NO6/c1-24-16-10-12(7-8-15(16)25-11-17(21)22)9-14-19(23)26-18(20-14)13-5-3-2-4-6-13/h2-10H,11H2,1H3,(H,21,22).